The number of hydrogen-bond acceptors (Lipinski definition) is 4. The molecule has 0 spiro atoms. The topological polar surface area (TPSA) is 83.6 Å². The zero-order valence-electron chi connectivity index (χ0n) is 12.5. The number of carbonyl (C=O) groups is 2. The second kappa shape index (κ2) is 6.77. The second-order valence-electron chi connectivity index (χ2n) is 6.13. The highest BCUT2D eigenvalue weighted by Gasteiger charge is 2.35. The van der Waals surface area contributed by atoms with Gasteiger partial charge in [0.2, 0.25) is 0 Å². The molecule has 0 bridgehead atoms. The smallest absolute Gasteiger partial charge is 0.311 e. The Morgan fingerprint density at radius 3 is 2.19 bits per heavy atom. The fourth-order valence-electron chi connectivity index (χ4n) is 3.08. The van der Waals surface area contributed by atoms with Crippen LogP contribution in [0, 0.1) is 0 Å². The van der Waals surface area contributed by atoms with E-state index in [-0.39, 0.29) is 23.6 Å². The Balaban J connectivity index is 1.88. The standard InChI is InChI=1S/C14H24N2O4S/c1-16(12-8-9-21(19,20)10-12)14(18)13(17)15-11-6-4-2-3-5-7-11/h11-12H,2-10H2,1H3,(H,15,17). The lowest BCUT2D eigenvalue weighted by Gasteiger charge is -2.24. The van der Waals surface area contributed by atoms with Crippen molar-refractivity contribution in [1.29, 1.82) is 0 Å². The molecular weight excluding hydrogens is 292 g/mol. The van der Waals surface area contributed by atoms with E-state index in [2.05, 4.69) is 5.32 Å². The van der Waals surface area contributed by atoms with Crippen LogP contribution in [-0.4, -0.2) is 55.8 Å². The lowest BCUT2D eigenvalue weighted by molar-refractivity contribution is -0.146. The summed E-state index contributed by atoms with van der Waals surface area (Å²) in [5.41, 5.74) is 0. The zero-order chi connectivity index (χ0) is 15.5. The Morgan fingerprint density at radius 1 is 1.05 bits per heavy atom. The molecule has 2 rings (SSSR count). The van der Waals surface area contributed by atoms with E-state index in [4.69, 9.17) is 0 Å². The van der Waals surface area contributed by atoms with Crippen molar-refractivity contribution in [3.63, 3.8) is 0 Å². The molecule has 21 heavy (non-hydrogen) atoms. The minimum absolute atomic E-state index is 0.0358. The van der Waals surface area contributed by atoms with Crippen LogP contribution < -0.4 is 5.32 Å². The Bertz CT molecular complexity index is 495. The normalized spacial score (nSPS) is 26.0. The van der Waals surface area contributed by atoms with Crippen molar-refractivity contribution < 1.29 is 18.0 Å². The molecule has 1 saturated carbocycles. The van der Waals surface area contributed by atoms with Gasteiger partial charge in [-0.1, -0.05) is 25.7 Å². The maximum atomic E-state index is 12.1. The van der Waals surface area contributed by atoms with Gasteiger partial charge in [-0.2, -0.15) is 0 Å². The van der Waals surface area contributed by atoms with E-state index in [1.54, 1.807) is 0 Å². The summed E-state index contributed by atoms with van der Waals surface area (Å²) >= 11 is 0. The molecule has 1 atom stereocenters. The number of sulfone groups is 1. The van der Waals surface area contributed by atoms with Gasteiger partial charge in [0.25, 0.3) is 0 Å². The fraction of sp³-hybridized carbons (Fsp3) is 0.857. The monoisotopic (exact) mass is 316 g/mol. The largest absolute Gasteiger partial charge is 0.345 e. The molecule has 1 saturated heterocycles. The van der Waals surface area contributed by atoms with Crippen LogP contribution in [0.4, 0.5) is 0 Å². The van der Waals surface area contributed by atoms with Gasteiger partial charge in [-0.25, -0.2) is 8.42 Å². The van der Waals surface area contributed by atoms with Gasteiger partial charge in [0.1, 0.15) is 0 Å². The predicted octanol–water partition coefficient (Wildman–Crippen LogP) is 0.471. The molecule has 0 aromatic heterocycles. The number of hydrogen-bond donors (Lipinski definition) is 1. The van der Waals surface area contributed by atoms with Crippen molar-refractivity contribution in [1.82, 2.24) is 10.2 Å². The molecule has 7 heteroatoms. The van der Waals surface area contributed by atoms with E-state index in [1.165, 1.54) is 24.8 Å². The summed E-state index contributed by atoms with van der Waals surface area (Å²) < 4.78 is 22.9. The highest BCUT2D eigenvalue weighted by atomic mass is 32.2. The first-order valence-electron chi connectivity index (χ1n) is 7.67. The number of rotatable bonds is 2. The van der Waals surface area contributed by atoms with Crippen LogP contribution in [0.1, 0.15) is 44.9 Å². The number of carbonyl (C=O) groups excluding carboxylic acids is 2. The lowest BCUT2D eigenvalue weighted by Crippen LogP contribution is -2.48. The van der Waals surface area contributed by atoms with Crippen LogP contribution in [0.3, 0.4) is 0 Å². The van der Waals surface area contributed by atoms with Gasteiger partial charge >= 0.3 is 11.8 Å². The van der Waals surface area contributed by atoms with Gasteiger partial charge in [0.05, 0.1) is 11.5 Å². The van der Waals surface area contributed by atoms with Crippen LogP contribution in [0.25, 0.3) is 0 Å². The van der Waals surface area contributed by atoms with Gasteiger partial charge in [-0.15, -0.1) is 0 Å². The summed E-state index contributed by atoms with van der Waals surface area (Å²) in [6.45, 7) is 0. The molecule has 0 aromatic carbocycles. The van der Waals surface area contributed by atoms with E-state index in [0.29, 0.717) is 6.42 Å². The third kappa shape index (κ3) is 4.43. The van der Waals surface area contributed by atoms with Crippen molar-refractivity contribution in [2.24, 2.45) is 0 Å². The Kier molecular flexibility index (Phi) is 5.24. The molecular formula is C14H24N2O4S. The third-order valence-corrected chi connectivity index (χ3v) is 6.21. The highest BCUT2D eigenvalue weighted by Crippen LogP contribution is 2.18. The molecule has 2 fully saturated rings. The van der Waals surface area contributed by atoms with Crippen molar-refractivity contribution >= 4 is 21.7 Å². The van der Waals surface area contributed by atoms with Crippen molar-refractivity contribution in [3.05, 3.63) is 0 Å². The molecule has 1 heterocycles. The van der Waals surface area contributed by atoms with E-state index in [9.17, 15) is 18.0 Å². The quantitative estimate of drug-likeness (QED) is 0.593. The SMILES string of the molecule is CN(C(=O)C(=O)NC1CCCCCC1)C1CCS(=O)(=O)C1. The summed E-state index contributed by atoms with van der Waals surface area (Å²) in [5, 5.41) is 2.80. The molecule has 0 radical (unpaired) electrons. The first-order valence-corrected chi connectivity index (χ1v) is 9.49. The molecule has 1 N–H and O–H groups in total. The molecule has 1 unspecified atom stereocenters. The molecule has 2 aliphatic rings. The van der Waals surface area contributed by atoms with E-state index in [1.807, 2.05) is 0 Å². The van der Waals surface area contributed by atoms with Crippen LogP contribution in [0.2, 0.25) is 0 Å². The first-order chi connectivity index (χ1) is 9.89. The first kappa shape index (κ1) is 16.3. The molecule has 120 valence electrons. The maximum absolute atomic E-state index is 12.1. The summed E-state index contributed by atoms with van der Waals surface area (Å²) in [6.07, 6.45) is 6.77. The zero-order valence-corrected chi connectivity index (χ0v) is 13.3. The third-order valence-electron chi connectivity index (χ3n) is 4.46. The lowest BCUT2D eigenvalue weighted by atomic mass is 10.1. The molecule has 2 amide bonds. The van der Waals surface area contributed by atoms with Crippen molar-refractivity contribution in [2.45, 2.75) is 57.0 Å². The van der Waals surface area contributed by atoms with E-state index >= 15 is 0 Å². The Labute approximate surface area is 126 Å². The minimum Gasteiger partial charge on any atom is -0.345 e. The number of likely N-dealkylation sites (N-methyl/N-ethyl adjacent to an activating group) is 1. The van der Waals surface area contributed by atoms with Gasteiger partial charge in [0.15, 0.2) is 9.84 Å². The Morgan fingerprint density at radius 2 is 1.67 bits per heavy atom. The van der Waals surface area contributed by atoms with Crippen molar-refractivity contribution in [2.75, 3.05) is 18.6 Å². The van der Waals surface area contributed by atoms with Crippen LogP contribution in [-0.2, 0) is 19.4 Å². The summed E-state index contributed by atoms with van der Waals surface area (Å²) in [7, 11) is -1.54. The summed E-state index contributed by atoms with van der Waals surface area (Å²) in [4.78, 5) is 25.4. The van der Waals surface area contributed by atoms with E-state index in [0.717, 1.165) is 25.7 Å². The average Bonchev–Trinajstić information content (AvgIpc) is 2.64. The highest BCUT2D eigenvalue weighted by molar-refractivity contribution is 7.91. The van der Waals surface area contributed by atoms with Crippen molar-refractivity contribution in [3.8, 4) is 0 Å². The van der Waals surface area contributed by atoms with Crippen LogP contribution in [0.5, 0.6) is 0 Å². The number of amides is 2. The fourth-order valence-corrected chi connectivity index (χ4v) is 4.85. The summed E-state index contributed by atoms with van der Waals surface area (Å²) in [6, 6.07) is -0.299. The second-order valence-corrected chi connectivity index (χ2v) is 8.36. The van der Waals surface area contributed by atoms with Gasteiger partial charge in [-0.05, 0) is 19.3 Å². The van der Waals surface area contributed by atoms with E-state index < -0.39 is 21.7 Å². The molecule has 1 aliphatic heterocycles. The predicted molar refractivity (Wildman–Crippen MR) is 79.5 cm³/mol. The van der Waals surface area contributed by atoms with Crippen LogP contribution in [0.15, 0.2) is 0 Å². The average molecular weight is 316 g/mol. The van der Waals surface area contributed by atoms with Gasteiger partial charge in [-0.3, -0.25) is 9.59 Å². The Hall–Kier alpha value is -1.11. The van der Waals surface area contributed by atoms with Gasteiger partial charge in [0, 0.05) is 19.1 Å². The number of nitrogens with one attached hydrogen (secondary N) is 1. The number of nitrogens with zero attached hydrogens (tertiary/aromatic N) is 1. The summed E-state index contributed by atoms with van der Waals surface area (Å²) in [5.74, 6) is -1.17. The molecule has 0 aromatic rings. The molecule has 6 nitrogen and oxygen atoms in total. The minimum atomic E-state index is -3.06. The molecule has 1 aliphatic carbocycles. The van der Waals surface area contributed by atoms with Crippen LogP contribution >= 0.6 is 0 Å². The van der Waals surface area contributed by atoms with Gasteiger partial charge < -0.3 is 10.2 Å². The maximum Gasteiger partial charge on any atom is 0.311 e.